The van der Waals surface area contributed by atoms with Crippen molar-refractivity contribution < 1.29 is 14.4 Å². The van der Waals surface area contributed by atoms with E-state index in [0.717, 1.165) is 43.2 Å². The number of fused-ring (bicyclic) bond motifs is 3. The van der Waals surface area contributed by atoms with Crippen molar-refractivity contribution in [1.82, 2.24) is 20.9 Å². The van der Waals surface area contributed by atoms with Crippen molar-refractivity contribution in [2.24, 2.45) is 11.3 Å². The molecule has 0 aromatic heterocycles. The van der Waals surface area contributed by atoms with Crippen LogP contribution in [0.15, 0.2) is 18.2 Å². The largest absolute Gasteiger partial charge is 0.322 e. The summed E-state index contributed by atoms with van der Waals surface area (Å²) in [4.78, 5) is 38.3. The number of hydrogen-bond donors (Lipinski definition) is 3. The summed E-state index contributed by atoms with van der Waals surface area (Å²) in [5, 5.41) is 9.67. The third-order valence-corrected chi connectivity index (χ3v) is 7.47. The van der Waals surface area contributed by atoms with Gasteiger partial charge in [0.15, 0.2) is 0 Å². The smallest absolute Gasteiger partial charge is 0.255 e. The maximum atomic E-state index is 13.0. The van der Waals surface area contributed by atoms with Crippen molar-refractivity contribution in [3.8, 4) is 0 Å². The van der Waals surface area contributed by atoms with Gasteiger partial charge in [-0.15, -0.1) is 0 Å². The second kappa shape index (κ2) is 7.78. The maximum absolute atomic E-state index is 13.0. The summed E-state index contributed by atoms with van der Waals surface area (Å²) in [6.07, 6.45) is 5.93. The number of imide groups is 1. The van der Waals surface area contributed by atoms with Crippen molar-refractivity contribution in [3.05, 3.63) is 34.9 Å². The van der Waals surface area contributed by atoms with Crippen molar-refractivity contribution in [1.29, 1.82) is 0 Å². The monoisotopic (exact) mass is 410 g/mol. The second-order valence-electron chi connectivity index (χ2n) is 9.54. The molecule has 3 unspecified atom stereocenters. The Balaban J connectivity index is 1.26. The molecule has 1 aromatic carbocycles. The molecular weight excluding hydrogens is 380 g/mol. The Bertz CT molecular complexity index is 873. The first-order valence-corrected chi connectivity index (χ1v) is 11.2. The van der Waals surface area contributed by atoms with Crippen LogP contribution in [0.4, 0.5) is 0 Å². The molecule has 3 heterocycles. The predicted molar refractivity (Wildman–Crippen MR) is 111 cm³/mol. The van der Waals surface area contributed by atoms with E-state index in [2.05, 4.69) is 22.0 Å². The van der Waals surface area contributed by atoms with Crippen molar-refractivity contribution in [2.45, 2.75) is 57.7 Å². The zero-order chi connectivity index (χ0) is 20.7. The highest BCUT2D eigenvalue weighted by molar-refractivity contribution is 6.05. The number of carbonyl (C=O) groups is 3. The Morgan fingerprint density at radius 1 is 1.20 bits per heavy atom. The average Bonchev–Trinajstić information content (AvgIpc) is 3.05. The molecule has 0 radical (unpaired) electrons. The quantitative estimate of drug-likeness (QED) is 0.637. The Morgan fingerprint density at radius 3 is 2.97 bits per heavy atom. The molecule has 3 aliphatic heterocycles. The average molecular weight is 411 g/mol. The topological polar surface area (TPSA) is 90.5 Å². The molecule has 3 atom stereocenters. The van der Waals surface area contributed by atoms with Gasteiger partial charge in [0.05, 0.1) is 0 Å². The summed E-state index contributed by atoms with van der Waals surface area (Å²) in [5.74, 6) is 0.0937. The van der Waals surface area contributed by atoms with Crippen LogP contribution in [0.2, 0.25) is 0 Å². The molecule has 0 spiro atoms. The van der Waals surface area contributed by atoms with E-state index in [9.17, 15) is 14.4 Å². The van der Waals surface area contributed by atoms with Crippen LogP contribution < -0.4 is 16.0 Å². The first-order chi connectivity index (χ1) is 14.5. The summed E-state index contributed by atoms with van der Waals surface area (Å²) in [6.45, 7) is 4.40. The van der Waals surface area contributed by atoms with Gasteiger partial charge in [-0.05, 0) is 60.8 Å². The van der Waals surface area contributed by atoms with Gasteiger partial charge in [0.25, 0.3) is 5.91 Å². The number of nitrogens with one attached hydrogen (secondary N) is 3. The fraction of sp³-hybridized carbons (Fsp3) is 0.609. The van der Waals surface area contributed by atoms with Gasteiger partial charge in [0, 0.05) is 38.2 Å². The number of piperidine rings is 2. The first-order valence-electron chi connectivity index (χ1n) is 11.2. The normalized spacial score (nSPS) is 30.9. The lowest BCUT2D eigenvalue weighted by Crippen LogP contribution is -2.52. The van der Waals surface area contributed by atoms with Crippen LogP contribution in [0, 0.1) is 11.3 Å². The van der Waals surface area contributed by atoms with E-state index in [1.807, 2.05) is 12.1 Å². The highest BCUT2D eigenvalue weighted by Gasteiger charge is 2.41. The predicted octanol–water partition coefficient (Wildman–Crippen LogP) is 1.32. The van der Waals surface area contributed by atoms with Gasteiger partial charge >= 0.3 is 0 Å². The number of rotatable bonds is 5. The highest BCUT2D eigenvalue weighted by Crippen LogP contribution is 2.41. The molecule has 3 amide bonds. The Morgan fingerprint density at radius 2 is 2.10 bits per heavy atom. The van der Waals surface area contributed by atoms with Crippen LogP contribution in [-0.4, -0.2) is 48.3 Å². The van der Waals surface area contributed by atoms with E-state index < -0.39 is 6.04 Å². The molecule has 5 rings (SSSR count). The third kappa shape index (κ3) is 3.54. The van der Waals surface area contributed by atoms with Crippen LogP contribution in [-0.2, 0) is 22.7 Å². The maximum Gasteiger partial charge on any atom is 0.255 e. The van der Waals surface area contributed by atoms with Gasteiger partial charge in [-0.25, -0.2) is 0 Å². The molecule has 3 fully saturated rings. The SMILES string of the molecule is O=C1CCC(N2Cc3c(CNCC45CCCC(CNC4)C5)cccc3C2=O)C(=O)N1. The van der Waals surface area contributed by atoms with Crippen molar-refractivity contribution in [3.63, 3.8) is 0 Å². The van der Waals surface area contributed by atoms with E-state index in [1.54, 1.807) is 4.90 Å². The minimum Gasteiger partial charge on any atom is -0.322 e. The minimum absolute atomic E-state index is 0.105. The van der Waals surface area contributed by atoms with E-state index in [4.69, 9.17) is 0 Å². The summed E-state index contributed by atoms with van der Waals surface area (Å²) in [6, 6.07) is 5.30. The minimum atomic E-state index is -0.560. The van der Waals surface area contributed by atoms with Gasteiger partial charge in [-0.1, -0.05) is 18.6 Å². The lowest BCUT2D eigenvalue weighted by atomic mass is 9.67. The van der Waals surface area contributed by atoms with Crippen LogP contribution >= 0.6 is 0 Å². The zero-order valence-corrected chi connectivity index (χ0v) is 17.3. The molecule has 4 aliphatic rings. The fourth-order valence-corrected chi connectivity index (χ4v) is 5.96. The fourth-order valence-electron chi connectivity index (χ4n) is 5.96. The van der Waals surface area contributed by atoms with Crippen molar-refractivity contribution >= 4 is 17.7 Å². The number of benzene rings is 1. The zero-order valence-electron chi connectivity index (χ0n) is 17.3. The third-order valence-electron chi connectivity index (χ3n) is 7.47. The van der Waals surface area contributed by atoms with E-state index >= 15 is 0 Å². The first kappa shape index (κ1) is 19.7. The van der Waals surface area contributed by atoms with Crippen LogP contribution in [0.3, 0.4) is 0 Å². The van der Waals surface area contributed by atoms with Gasteiger partial charge in [-0.2, -0.15) is 0 Å². The van der Waals surface area contributed by atoms with Gasteiger partial charge in [-0.3, -0.25) is 19.7 Å². The van der Waals surface area contributed by atoms with Gasteiger partial charge in [0.2, 0.25) is 11.8 Å². The summed E-state index contributed by atoms with van der Waals surface area (Å²) < 4.78 is 0. The molecule has 1 aliphatic carbocycles. The lowest BCUT2D eigenvalue weighted by Gasteiger charge is -2.46. The molecule has 30 heavy (non-hydrogen) atoms. The van der Waals surface area contributed by atoms with Crippen molar-refractivity contribution in [2.75, 3.05) is 19.6 Å². The molecule has 2 saturated heterocycles. The number of nitrogens with zero attached hydrogens (tertiary/aromatic N) is 1. The summed E-state index contributed by atoms with van der Waals surface area (Å²) >= 11 is 0. The van der Waals surface area contributed by atoms with Gasteiger partial charge in [0.1, 0.15) is 6.04 Å². The van der Waals surface area contributed by atoms with Crippen LogP contribution in [0.5, 0.6) is 0 Å². The van der Waals surface area contributed by atoms with Crippen LogP contribution in [0.25, 0.3) is 0 Å². The Labute approximate surface area is 177 Å². The summed E-state index contributed by atoms with van der Waals surface area (Å²) in [5.41, 5.74) is 3.19. The number of amides is 3. The molecule has 2 bridgehead atoms. The highest BCUT2D eigenvalue weighted by atomic mass is 16.2. The standard InChI is InChI=1S/C23H30N4O3/c28-20-7-6-19(21(29)26-20)27-12-18-16(4-1-5-17(18)22(27)30)11-25-14-23-8-2-3-15(9-23)10-24-13-23/h1,4-5,15,19,24-25H,2-3,6-14H2,(H,26,28,29). The molecule has 7 nitrogen and oxygen atoms in total. The van der Waals surface area contributed by atoms with Crippen LogP contribution in [0.1, 0.15) is 60.0 Å². The van der Waals surface area contributed by atoms with Gasteiger partial charge < -0.3 is 15.5 Å². The molecular formula is C23H30N4O3. The summed E-state index contributed by atoms with van der Waals surface area (Å²) in [7, 11) is 0. The molecule has 7 heteroatoms. The van der Waals surface area contributed by atoms with E-state index in [0.29, 0.717) is 23.9 Å². The second-order valence-corrected chi connectivity index (χ2v) is 9.54. The number of hydrogen-bond acceptors (Lipinski definition) is 5. The number of carbonyl (C=O) groups excluding carboxylic acids is 3. The van der Waals surface area contributed by atoms with E-state index in [1.165, 1.54) is 25.7 Å². The lowest BCUT2D eigenvalue weighted by molar-refractivity contribution is -0.136. The molecule has 1 saturated carbocycles. The Hall–Kier alpha value is -2.25. The molecule has 160 valence electrons. The van der Waals surface area contributed by atoms with E-state index in [-0.39, 0.29) is 24.1 Å². The molecule has 3 N–H and O–H groups in total. The Kier molecular flexibility index (Phi) is 5.11. The molecule has 1 aromatic rings.